The molecule has 1 atom stereocenters. The Hall–Kier alpha value is -2.01. The summed E-state index contributed by atoms with van der Waals surface area (Å²) in [5.74, 6) is -0.552. The third kappa shape index (κ3) is 2.61. The number of fused-ring (bicyclic) bond motifs is 1. The van der Waals surface area contributed by atoms with E-state index in [0.29, 0.717) is 16.9 Å². The predicted octanol–water partition coefficient (Wildman–Crippen LogP) is 4.06. The van der Waals surface area contributed by atoms with E-state index in [0.717, 1.165) is 11.6 Å². The van der Waals surface area contributed by atoms with E-state index in [-0.39, 0.29) is 11.9 Å². The van der Waals surface area contributed by atoms with E-state index < -0.39 is 11.6 Å². The Morgan fingerprint density at radius 1 is 1.29 bits per heavy atom. The lowest BCUT2D eigenvalue weighted by molar-refractivity contribution is 0.565. The highest BCUT2D eigenvalue weighted by Gasteiger charge is 2.16. The number of hydrogen-bond donors (Lipinski definition) is 0. The molecule has 2 heterocycles. The first-order valence-electron chi connectivity index (χ1n) is 6.44. The molecule has 0 bridgehead atoms. The van der Waals surface area contributed by atoms with Gasteiger partial charge in [-0.3, -0.25) is 4.98 Å². The predicted molar refractivity (Wildman–Crippen MR) is 77.3 cm³/mol. The number of halogens is 3. The molecule has 0 spiro atoms. The molecule has 0 saturated heterocycles. The van der Waals surface area contributed by atoms with Gasteiger partial charge >= 0.3 is 0 Å². The van der Waals surface area contributed by atoms with Crippen molar-refractivity contribution in [2.24, 2.45) is 0 Å². The topological polar surface area (TPSA) is 30.7 Å². The molecule has 0 aliphatic carbocycles. The van der Waals surface area contributed by atoms with Gasteiger partial charge in [-0.1, -0.05) is 6.07 Å². The van der Waals surface area contributed by atoms with Gasteiger partial charge in [-0.15, -0.1) is 11.6 Å². The van der Waals surface area contributed by atoms with E-state index in [4.69, 9.17) is 11.6 Å². The van der Waals surface area contributed by atoms with Gasteiger partial charge < -0.3 is 4.57 Å². The zero-order valence-corrected chi connectivity index (χ0v) is 12.0. The normalized spacial score (nSPS) is 12.8. The number of benzene rings is 1. The monoisotopic (exact) mass is 307 g/mol. The standard InChI is InChI=1S/C15H12ClF2N3/c1-9(16)15-20-13-7-19-5-4-14(13)21(15)8-10-2-3-11(17)6-12(10)18/h2-7,9H,8H2,1H3. The van der Waals surface area contributed by atoms with Crippen molar-refractivity contribution in [2.75, 3.05) is 0 Å². The molecule has 3 nitrogen and oxygen atoms in total. The molecule has 1 aromatic carbocycles. The third-order valence-electron chi connectivity index (χ3n) is 3.28. The van der Waals surface area contributed by atoms with Gasteiger partial charge in [0.2, 0.25) is 0 Å². The second-order valence-corrected chi connectivity index (χ2v) is 5.43. The fourth-order valence-corrected chi connectivity index (χ4v) is 2.46. The SMILES string of the molecule is CC(Cl)c1nc2cnccc2n1Cc1ccc(F)cc1F. The number of hydrogen-bond acceptors (Lipinski definition) is 2. The molecule has 6 heteroatoms. The van der Waals surface area contributed by atoms with Crippen LogP contribution in [0.15, 0.2) is 36.7 Å². The van der Waals surface area contributed by atoms with Gasteiger partial charge in [0.05, 0.1) is 23.6 Å². The van der Waals surface area contributed by atoms with Crippen molar-refractivity contribution in [3.63, 3.8) is 0 Å². The highest BCUT2D eigenvalue weighted by molar-refractivity contribution is 6.20. The van der Waals surface area contributed by atoms with Crippen molar-refractivity contribution in [2.45, 2.75) is 18.8 Å². The molecule has 0 aliphatic heterocycles. The minimum absolute atomic E-state index is 0.235. The maximum Gasteiger partial charge on any atom is 0.131 e. The van der Waals surface area contributed by atoms with Crippen LogP contribution in [0.3, 0.4) is 0 Å². The Morgan fingerprint density at radius 2 is 2.10 bits per heavy atom. The number of nitrogens with zero attached hydrogens (tertiary/aromatic N) is 3. The summed E-state index contributed by atoms with van der Waals surface area (Å²) in [6.45, 7) is 2.03. The number of imidazole rings is 1. The first-order valence-corrected chi connectivity index (χ1v) is 6.88. The number of alkyl halides is 1. The van der Waals surface area contributed by atoms with Gasteiger partial charge in [-0.2, -0.15) is 0 Å². The largest absolute Gasteiger partial charge is 0.322 e. The second-order valence-electron chi connectivity index (χ2n) is 4.77. The minimum Gasteiger partial charge on any atom is -0.322 e. The van der Waals surface area contributed by atoms with E-state index in [1.807, 2.05) is 4.57 Å². The summed E-state index contributed by atoms with van der Waals surface area (Å²) in [7, 11) is 0. The first kappa shape index (κ1) is 13.9. The van der Waals surface area contributed by atoms with Gasteiger partial charge in [0.25, 0.3) is 0 Å². The maximum absolute atomic E-state index is 13.9. The summed E-state index contributed by atoms with van der Waals surface area (Å²) in [6, 6.07) is 5.34. The maximum atomic E-state index is 13.9. The van der Waals surface area contributed by atoms with E-state index in [2.05, 4.69) is 9.97 Å². The van der Waals surface area contributed by atoms with Crippen LogP contribution in [0.4, 0.5) is 8.78 Å². The van der Waals surface area contributed by atoms with Crippen molar-refractivity contribution in [1.82, 2.24) is 14.5 Å². The third-order valence-corrected chi connectivity index (χ3v) is 3.47. The summed E-state index contributed by atoms with van der Waals surface area (Å²) < 4.78 is 28.7. The van der Waals surface area contributed by atoms with E-state index in [9.17, 15) is 8.78 Å². The Kier molecular flexibility index (Phi) is 3.59. The summed E-state index contributed by atoms with van der Waals surface area (Å²) in [4.78, 5) is 8.45. The fraction of sp³-hybridized carbons (Fsp3) is 0.200. The van der Waals surface area contributed by atoms with Gasteiger partial charge in [0, 0.05) is 17.8 Å². The van der Waals surface area contributed by atoms with Gasteiger partial charge in [-0.05, 0) is 19.1 Å². The Labute approximate surface area is 125 Å². The quantitative estimate of drug-likeness (QED) is 0.683. The molecule has 2 aromatic heterocycles. The summed E-state index contributed by atoms with van der Waals surface area (Å²) in [5, 5.41) is -0.332. The lowest BCUT2D eigenvalue weighted by Gasteiger charge is -2.11. The zero-order chi connectivity index (χ0) is 15.0. The number of aromatic nitrogens is 3. The van der Waals surface area contributed by atoms with Crippen molar-refractivity contribution in [3.8, 4) is 0 Å². The molecule has 108 valence electrons. The Bertz CT molecular complexity index is 799. The average Bonchev–Trinajstić information content (AvgIpc) is 2.81. The summed E-state index contributed by atoms with van der Waals surface area (Å²) >= 11 is 6.15. The molecular formula is C15H12ClF2N3. The Morgan fingerprint density at radius 3 is 2.81 bits per heavy atom. The second kappa shape index (κ2) is 5.41. The van der Waals surface area contributed by atoms with E-state index in [1.165, 1.54) is 12.1 Å². The molecule has 0 N–H and O–H groups in total. The number of rotatable bonds is 3. The molecule has 1 unspecified atom stereocenters. The van der Waals surface area contributed by atoms with Crippen LogP contribution in [0.2, 0.25) is 0 Å². The van der Waals surface area contributed by atoms with E-state index in [1.54, 1.807) is 25.4 Å². The molecule has 0 radical (unpaired) electrons. The van der Waals surface area contributed by atoms with Crippen LogP contribution in [-0.2, 0) is 6.54 Å². The molecular weight excluding hydrogens is 296 g/mol. The van der Waals surface area contributed by atoms with Gasteiger partial charge in [-0.25, -0.2) is 13.8 Å². The van der Waals surface area contributed by atoms with Crippen LogP contribution in [-0.4, -0.2) is 14.5 Å². The lowest BCUT2D eigenvalue weighted by atomic mass is 10.2. The van der Waals surface area contributed by atoms with Gasteiger partial charge in [0.15, 0.2) is 0 Å². The van der Waals surface area contributed by atoms with Crippen LogP contribution in [0, 0.1) is 11.6 Å². The molecule has 21 heavy (non-hydrogen) atoms. The van der Waals surface area contributed by atoms with Crippen LogP contribution in [0.25, 0.3) is 11.0 Å². The first-order chi connectivity index (χ1) is 10.1. The molecule has 0 amide bonds. The van der Waals surface area contributed by atoms with Crippen LogP contribution >= 0.6 is 11.6 Å². The van der Waals surface area contributed by atoms with E-state index >= 15 is 0 Å². The van der Waals surface area contributed by atoms with Gasteiger partial charge in [0.1, 0.15) is 23.0 Å². The summed E-state index contributed by atoms with van der Waals surface area (Å²) in [6.07, 6.45) is 3.28. The molecule has 0 aliphatic rings. The summed E-state index contributed by atoms with van der Waals surface area (Å²) in [5.41, 5.74) is 1.89. The van der Waals surface area contributed by atoms with Crippen molar-refractivity contribution < 1.29 is 8.78 Å². The average molecular weight is 308 g/mol. The van der Waals surface area contributed by atoms with Crippen LogP contribution < -0.4 is 0 Å². The highest BCUT2D eigenvalue weighted by Crippen LogP contribution is 2.25. The van der Waals surface area contributed by atoms with Crippen LogP contribution in [0.5, 0.6) is 0 Å². The van der Waals surface area contributed by atoms with Crippen LogP contribution in [0.1, 0.15) is 23.7 Å². The lowest BCUT2D eigenvalue weighted by Crippen LogP contribution is -2.07. The highest BCUT2D eigenvalue weighted by atomic mass is 35.5. The number of pyridine rings is 1. The van der Waals surface area contributed by atoms with Crippen molar-refractivity contribution in [3.05, 3.63) is 59.7 Å². The minimum atomic E-state index is -0.595. The smallest absolute Gasteiger partial charge is 0.131 e. The zero-order valence-electron chi connectivity index (χ0n) is 11.2. The molecule has 3 aromatic rings. The van der Waals surface area contributed by atoms with Crippen molar-refractivity contribution >= 4 is 22.6 Å². The molecule has 0 saturated carbocycles. The molecule has 3 rings (SSSR count). The Balaban J connectivity index is 2.12. The molecule has 0 fully saturated rings. The van der Waals surface area contributed by atoms with Crippen molar-refractivity contribution in [1.29, 1.82) is 0 Å². The fourth-order valence-electron chi connectivity index (χ4n) is 2.29.